The molecule has 0 radical (unpaired) electrons. The van der Waals surface area contributed by atoms with E-state index in [0.29, 0.717) is 31.3 Å². The van der Waals surface area contributed by atoms with Crippen LogP contribution in [0.15, 0.2) is 23.1 Å². The van der Waals surface area contributed by atoms with Gasteiger partial charge in [0.15, 0.2) is 0 Å². The molecule has 1 aliphatic heterocycles. The van der Waals surface area contributed by atoms with Crippen molar-refractivity contribution in [1.82, 2.24) is 14.9 Å². The number of nitrogens with zero attached hydrogens (tertiary/aromatic N) is 1. The number of benzene rings is 1. The second kappa shape index (κ2) is 9.34. The van der Waals surface area contributed by atoms with Crippen LogP contribution in [-0.2, 0) is 10.0 Å². The number of ether oxygens (including phenoxy) is 1. The van der Waals surface area contributed by atoms with Crippen molar-refractivity contribution in [2.75, 3.05) is 39.8 Å². The monoisotopic (exact) mass is 383 g/mol. The standard InChI is InChI=1S/C18H29N3O4S/c1-4-21(5-2)26(23,24)15-6-7-17(25-3)16(12-15)18(22)20-11-9-14-8-10-19-13-14/h6-7,12,14,19H,4-5,8-11,13H2,1-3H3,(H,20,22). The summed E-state index contributed by atoms with van der Waals surface area (Å²) in [7, 11) is -2.16. The maximum Gasteiger partial charge on any atom is 0.255 e. The van der Waals surface area contributed by atoms with Gasteiger partial charge in [0.05, 0.1) is 17.6 Å². The summed E-state index contributed by atoms with van der Waals surface area (Å²) in [6, 6.07) is 4.42. The fourth-order valence-electron chi connectivity index (χ4n) is 3.18. The molecule has 1 unspecified atom stereocenters. The Bertz CT molecular complexity index is 711. The SMILES string of the molecule is CCN(CC)S(=O)(=O)c1ccc(OC)c(C(=O)NCCC2CCNC2)c1. The van der Waals surface area contributed by atoms with Crippen LogP contribution < -0.4 is 15.4 Å². The van der Waals surface area contributed by atoms with Crippen LogP contribution in [0.1, 0.15) is 37.0 Å². The van der Waals surface area contributed by atoms with Crippen molar-refractivity contribution in [1.29, 1.82) is 0 Å². The number of hydrogen-bond donors (Lipinski definition) is 2. The number of carbonyl (C=O) groups excluding carboxylic acids is 1. The Morgan fingerprint density at radius 2 is 2.08 bits per heavy atom. The van der Waals surface area contributed by atoms with Gasteiger partial charge in [-0.15, -0.1) is 0 Å². The molecule has 1 amide bonds. The summed E-state index contributed by atoms with van der Waals surface area (Å²) < 4.78 is 32.0. The lowest BCUT2D eigenvalue weighted by Crippen LogP contribution is -2.31. The van der Waals surface area contributed by atoms with Gasteiger partial charge in [-0.1, -0.05) is 13.8 Å². The maximum absolute atomic E-state index is 12.7. The molecule has 1 fully saturated rings. The second-order valence-corrected chi connectivity index (χ2v) is 8.29. The van der Waals surface area contributed by atoms with Gasteiger partial charge in [-0.2, -0.15) is 4.31 Å². The molecule has 1 aliphatic rings. The van der Waals surface area contributed by atoms with Crippen molar-refractivity contribution in [3.05, 3.63) is 23.8 Å². The van der Waals surface area contributed by atoms with Gasteiger partial charge in [0.2, 0.25) is 10.0 Å². The van der Waals surface area contributed by atoms with E-state index in [4.69, 9.17) is 4.74 Å². The van der Waals surface area contributed by atoms with Crippen LogP contribution >= 0.6 is 0 Å². The number of nitrogens with one attached hydrogen (secondary N) is 2. The highest BCUT2D eigenvalue weighted by Gasteiger charge is 2.24. The number of methoxy groups -OCH3 is 1. The molecular formula is C18H29N3O4S. The third-order valence-corrected chi connectivity index (χ3v) is 6.81. The van der Waals surface area contributed by atoms with E-state index in [2.05, 4.69) is 10.6 Å². The minimum Gasteiger partial charge on any atom is -0.496 e. The fraction of sp³-hybridized carbons (Fsp3) is 0.611. The molecule has 0 saturated carbocycles. The zero-order chi connectivity index (χ0) is 19.2. The first-order chi connectivity index (χ1) is 12.4. The maximum atomic E-state index is 12.7. The van der Waals surface area contributed by atoms with Crippen molar-refractivity contribution in [2.45, 2.75) is 31.6 Å². The Morgan fingerprint density at radius 1 is 1.35 bits per heavy atom. The Balaban J connectivity index is 2.16. The molecule has 1 aromatic carbocycles. The zero-order valence-corrected chi connectivity index (χ0v) is 16.6. The highest BCUT2D eigenvalue weighted by molar-refractivity contribution is 7.89. The first-order valence-electron chi connectivity index (χ1n) is 9.11. The predicted octanol–water partition coefficient (Wildman–Crippen LogP) is 1.46. The smallest absolute Gasteiger partial charge is 0.255 e. The van der Waals surface area contributed by atoms with Crippen LogP contribution in [0.25, 0.3) is 0 Å². The number of rotatable bonds is 9. The Kier molecular flexibility index (Phi) is 7.43. The van der Waals surface area contributed by atoms with E-state index in [1.165, 1.54) is 29.6 Å². The van der Waals surface area contributed by atoms with Gasteiger partial charge in [0.25, 0.3) is 5.91 Å². The highest BCUT2D eigenvalue weighted by Crippen LogP contribution is 2.24. The third kappa shape index (κ3) is 4.75. The molecule has 26 heavy (non-hydrogen) atoms. The first kappa shape index (κ1) is 20.7. The number of carbonyl (C=O) groups is 1. The molecule has 1 atom stereocenters. The predicted molar refractivity (Wildman–Crippen MR) is 101 cm³/mol. The van der Waals surface area contributed by atoms with E-state index in [0.717, 1.165) is 25.9 Å². The van der Waals surface area contributed by atoms with Crippen molar-refractivity contribution >= 4 is 15.9 Å². The van der Waals surface area contributed by atoms with Crippen LogP contribution in [0.2, 0.25) is 0 Å². The lowest BCUT2D eigenvalue weighted by molar-refractivity contribution is 0.0948. The molecule has 1 aromatic rings. The van der Waals surface area contributed by atoms with E-state index < -0.39 is 10.0 Å². The van der Waals surface area contributed by atoms with Crippen LogP contribution in [0.5, 0.6) is 5.75 Å². The first-order valence-corrected chi connectivity index (χ1v) is 10.5. The molecule has 0 aliphatic carbocycles. The Labute approximate surface area is 156 Å². The van der Waals surface area contributed by atoms with Gasteiger partial charge >= 0.3 is 0 Å². The normalized spacial score (nSPS) is 17.5. The number of amides is 1. The Morgan fingerprint density at radius 3 is 2.65 bits per heavy atom. The van der Waals surface area contributed by atoms with Crippen molar-refractivity contribution in [3.8, 4) is 5.75 Å². The second-order valence-electron chi connectivity index (χ2n) is 6.35. The van der Waals surface area contributed by atoms with Crippen LogP contribution in [0.4, 0.5) is 0 Å². The van der Waals surface area contributed by atoms with E-state index in [-0.39, 0.29) is 16.4 Å². The van der Waals surface area contributed by atoms with Crippen molar-refractivity contribution < 1.29 is 17.9 Å². The lowest BCUT2D eigenvalue weighted by atomic mass is 10.1. The lowest BCUT2D eigenvalue weighted by Gasteiger charge is -2.19. The summed E-state index contributed by atoms with van der Waals surface area (Å²) in [6.45, 7) is 6.89. The number of hydrogen-bond acceptors (Lipinski definition) is 5. The van der Waals surface area contributed by atoms with E-state index >= 15 is 0 Å². The summed E-state index contributed by atoms with van der Waals surface area (Å²) in [5, 5.41) is 6.18. The van der Waals surface area contributed by atoms with Gasteiger partial charge in [-0.25, -0.2) is 8.42 Å². The summed E-state index contributed by atoms with van der Waals surface area (Å²) in [5.74, 6) is 0.625. The van der Waals surface area contributed by atoms with Crippen LogP contribution in [0, 0.1) is 5.92 Å². The van der Waals surface area contributed by atoms with Gasteiger partial charge in [-0.05, 0) is 50.0 Å². The summed E-state index contributed by atoms with van der Waals surface area (Å²) in [6.07, 6.45) is 2.02. The average Bonchev–Trinajstić information content (AvgIpc) is 3.15. The molecule has 7 nitrogen and oxygen atoms in total. The zero-order valence-electron chi connectivity index (χ0n) is 15.7. The Hall–Kier alpha value is -1.64. The highest BCUT2D eigenvalue weighted by atomic mass is 32.2. The largest absolute Gasteiger partial charge is 0.496 e. The molecule has 0 spiro atoms. The molecule has 0 bridgehead atoms. The number of sulfonamides is 1. The molecule has 1 heterocycles. The molecular weight excluding hydrogens is 354 g/mol. The molecule has 146 valence electrons. The molecule has 2 rings (SSSR count). The van der Waals surface area contributed by atoms with E-state index in [1.54, 1.807) is 13.8 Å². The summed E-state index contributed by atoms with van der Waals surface area (Å²) in [4.78, 5) is 12.7. The van der Waals surface area contributed by atoms with Gasteiger partial charge in [-0.3, -0.25) is 4.79 Å². The fourth-order valence-corrected chi connectivity index (χ4v) is 4.67. The minimum atomic E-state index is -3.63. The third-order valence-electron chi connectivity index (χ3n) is 4.76. The molecule has 2 N–H and O–H groups in total. The van der Waals surface area contributed by atoms with Crippen LogP contribution in [-0.4, -0.2) is 58.5 Å². The minimum absolute atomic E-state index is 0.104. The topological polar surface area (TPSA) is 87.7 Å². The van der Waals surface area contributed by atoms with Crippen LogP contribution in [0.3, 0.4) is 0 Å². The van der Waals surface area contributed by atoms with Crippen molar-refractivity contribution in [2.24, 2.45) is 5.92 Å². The summed E-state index contributed by atoms with van der Waals surface area (Å²) >= 11 is 0. The van der Waals surface area contributed by atoms with E-state index in [9.17, 15) is 13.2 Å². The molecule has 0 aromatic heterocycles. The van der Waals surface area contributed by atoms with E-state index in [1.807, 2.05) is 0 Å². The average molecular weight is 384 g/mol. The van der Waals surface area contributed by atoms with Gasteiger partial charge in [0.1, 0.15) is 5.75 Å². The molecule has 8 heteroatoms. The molecule has 1 saturated heterocycles. The van der Waals surface area contributed by atoms with Gasteiger partial charge in [0, 0.05) is 19.6 Å². The summed E-state index contributed by atoms with van der Waals surface area (Å²) in [5.41, 5.74) is 0.241. The quantitative estimate of drug-likeness (QED) is 0.674. The van der Waals surface area contributed by atoms with Gasteiger partial charge < -0.3 is 15.4 Å². The van der Waals surface area contributed by atoms with Crippen molar-refractivity contribution in [3.63, 3.8) is 0 Å².